The molecule has 0 fully saturated rings. The van der Waals surface area contributed by atoms with Crippen LogP contribution in [0.5, 0.6) is 0 Å². The van der Waals surface area contributed by atoms with E-state index in [1.54, 1.807) is 12.1 Å². The van der Waals surface area contributed by atoms with Gasteiger partial charge in [-0.2, -0.15) is 0 Å². The van der Waals surface area contributed by atoms with Crippen LogP contribution in [0.2, 0.25) is 0 Å². The van der Waals surface area contributed by atoms with E-state index >= 15 is 0 Å². The Morgan fingerprint density at radius 2 is 1.83 bits per heavy atom. The number of esters is 1. The van der Waals surface area contributed by atoms with Crippen molar-refractivity contribution in [2.75, 3.05) is 6.61 Å². The molecule has 0 saturated heterocycles. The molecule has 4 heteroatoms. The lowest BCUT2D eigenvalue weighted by Crippen LogP contribution is -2.11. The number of aryl methyl sites for hydroxylation is 1. The number of ketones is 1. The summed E-state index contributed by atoms with van der Waals surface area (Å²) < 4.78 is 5.03. The zero-order valence-corrected chi connectivity index (χ0v) is 14.0. The Morgan fingerprint density at radius 3 is 2.62 bits per heavy atom. The van der Waals surface area contributed by atoms with Crippen LogP contribution >= 0.6 is 11.3 Å². The molecule has 3 rings (SSSR count). The molecule has 0 aliphatic carbocycles. The minimum atomic E-state index is -0.524. The van der Waals surface area contributed by atoms with E-state index in [1.807, 2.05) is 55.5 Å². The van der Waals surface area contributed by atoms with Gasteiger partial charge in [-0.3, -0.25) is 4.79 Å². The molecular formula is C20H16O3S. The van der Waals surface area contributed by atoms with Gasteiger partial charge in [-0.25, -0.2) is 4.79 Å². The average molecular weight is 336 g/mol. The molecule has 0 aliphatic rings. The zero-order valence-electron chi connectivity index (χ0n) is 13.2. The minimum absolute atomic E-state index is 0.181. The maximum absolute atomic E-state index is 11.9. The van der Waals surface area contributed by atoms with E-state index in [0.29, 0.717) is 4.88 Å². The fourth-order valence-electron chi connectivity index (χ4n) is 2.39. The Balaban J connectivity index is 1.64. The second-order valence-corrected chi connectivity index (χ2v) is 6.63. The van der Waals surface area contributed by atoms with Crippen LogP contribution in [-0.4, -0.2) is 18.4 Å². The van der Waals surface area contributed by atoms with Crippen LogP contribution in [0.15, 0.2) is 60.7 Å². The molecule has 1 aromatic heterocycles. The highest BCUT2D eigenvalue weighted by atomic mass is 32.1. The maximum atomic E-state index is 11.9. The number of carbonyl (C=O) groups is 2. The summed E-state index contributed by atoms with van der Waals surface area (Å²) in [5, 5.41) is 2.17. The Labute approximate surface area is 144 Å². The summed E-state index contributed by atoms with van der Waals surface area (Å²) in [7, 11) is 0. The molecule has 3 nitrogen and oxygen atoms in total. The van der Waals surface area contributed by atoms with Crippen molar-refractivity contribution < 1.29 is 14.3 Å². The molecule has 0 unspecified atom stereocenters. The molecule has 3 aromatic rings. The van der Waals surface area contributed by atoms with E-state index in [-0.39, 0.29) is 12.4 Å². The molecule has 0 amide bonds. The first-order valence-corrected chi connectivity index (χ1v) is 8.37. The first-order chi connectivity index (χ1) is 11.6. The smallest absolute Gasteiger partial charge is 0.331 e. The van der Waals surface area contributed by atoms with Crippen LogP contribution in [0.3, 0.4) is 0 Å². The third kappa shape index (κ3) is 3.78. The molecule has 120 valence electrons. The number of Topliss-reactive ketones (excluding diaryl/α,β-unsaturated/α-hetero) is 1. The van der Waals surface area contributed by atoms with Crippen molar-refractivity contribution in [1.82, 2.24) is 0 Å². The molecule has 2 aromatic carbocycles. The average Bonchev–Trinajstić information content (AvgIpc) is 3.04. The van der Waals surface area contributed by atoms with Crippen LogP contribution in [0.4, 0.5) is 0 Å². The van der Waals surface area contributed by atoms with Crippen LogP contribution in [0.1, 0.15) is 20.1 Å². The van der Waals surface area contributed by atoms with E-state index in [2.05, 4.69) is 0 Å². The fraction of sp³-hybridized carbons (Fsp3) is 0.100. The van der Waals surface area contributed by atoms with Gasteiger partial charge < -0.3 is 4.74 Å². The SMILES string of the molecule is Cc1ccc(C(=O)COC(=O)/C=C/c2cccc3ccccc23)s1. The minimum Gasteiger partial charge on any atom is -0.454 e. The summed E-state index contributed by atoms with van der Waals surface area (Å²) in [6, 6.07) is 17.5. The highest BCUT2D eigenvalue weighted by Crippen LogP contribution is 2.19. The van der Waals surface area contributed by atoms with Crippen molar-refractivity contribution >= 4 is 39.9 Å². The van der Waals surface area contributed by atoms with Crippen molar-refractivity contribution in [1.29, 1.82) is 0 Å². The van der Waals surface area contributed by atoms with E-state index < -0.39 is 5.97 Å². The van der Waals surface area contributed by atoms with Crippen LogP contribution < -0.4 is 0 Å². The molecule has 0 spiro atoms. The lowest BCUT2D eigenvalue weighted by molar-refractivity contribution is -0.136. The van der Waals surface area contributed by atoms with Gasteiger partial charge in [-0.15, -0.1) is 11.3 Å². The van der Waals surface area contributed by atoms with Crippen molar-refractivity contribution in [3.05, 3.63) is 76.0 Å². The van der Waals surface area contributed by atoms with E-state index in [1.165, 1.54) is 17.4 Å². The van der Waals surface area contributed by atoms with Gasteiger partial charge in [0.25, 0.3) is 0 Å². The number of thiophene rings is 1. The largest absolute Gasteiger partial charge is 0.454 e. The summed E-state index contributed by atoms with van der Waals surface area (Å²) in [4.78, 5) is 25.4. The van der Waals surface area contributed by atoms with Crippen molar-refractivity contribution in [3.8, 4) is 0 Å². The van der Waals surface area contributed by atoms with E-state index in [0.717, 1.165) is 21.2 Å². The number of hydrogen-bond acceptors (Lipinski definition) is 4. The predicted molar refractivity (Wildman–Crippen MR) is 97.3 cm³/mol. The standard InChI is InChI=1S/C20H16O3S/c1-14-9-11-19(24-14)18(21)13-23-20(22)12-10-16-7-4-6-15-5-2-3-8-17(15)16/h2-12H,13H2,1H3/b12-10+. The van der Waals surface area contributed by atoms with Gasteiger partial charge in [0.15, 0.2) is 6.61 Å². The van der Waals surface area contributed by atoms with Gasteiger partial charge in [0, 0.05) is 11.0 Å². The van der Waals surface area contributed by atoms with E-state index in [9.17, 15) is 9.59 Å². The first kappa shape index (κ1) is 16.1. The second kappa shape index (κ2) is 7.23. The fourth-order valence-corrected chi connectivity index (χ4v) is 3.19. The number of rotatable bonds is 5. The topological polar surface area (TPSA) is 43.4 Å². The van der Waals surface area contributed by atoms with Crippen molar-refractivity contribution in [2.24, 2.45) is 0 Å². The molecule has 0 bridgehead atoms. The Bertz CT molecular complexity index is 916. The molecule has 0 atom stereocenters. The number of ether oxygens (including phenoxy) is 1. The molecule has 0 saturated carbocycles. The van der Waals surface area contributed by atoms with Crippen molar-refractivity contribution in [3.63, 3.8) is 0 Å². The third-order valence-corrected chi connectivity index (χ3v) is 4.62. The Kier molecular flexibility index (Phi) is 4.87. The Hall–Kier alpha value is -2.72. The number of hydrogen-bond donors (Lipinski definition) is 0. The lowest BCUT2D eigenvalue weighted by atomic mass is 10.0. The summed E-state index contributed by atoms with van der Waals surface area (Å²) >= 11 is 1.40. The predicted octanol–water partition coefficient (Wildman–Crippen LogP) is 4.65. The van der Waals surface area contributed by atoms with Gasteiger partial charge in [-0.1, -0.05) is 42.5 Å². The highest BCUT2D eigenvalue weighted by Gasteiger charge is 2.10. The highest BCUT2D eigenvalue weighted by molar-refractivity contribution is 7.14. The van der Waals surface area contributed by atoms with Gasteiger partial charge in [0.1, 0.15) is 0 Å². The van der Waals surface area contributed by atoms with Gasteiger partial charge in [0.05, 0.1) is 4.88 Å². The Morgan fingerprint density at radius 1 is 1.04 bits per heavy atom. The second-order valence-electron chi connectivity index (χ2n) is 5.34. The van der Waals surface area contributed by atoms with E-state index in [4.69, 9.17) is 4.74 Å². The molecule has 0 aliphatic heterocycles. The normalized spacial score (nSPS) is 11.0. The monoisotopic (exact) mass is 336 g/mol. The maximum Gasteiger partial charge on any atom is 0.331 e. The summed E-state index contributed by atoms with van der Waals surface area (Å²) in [6.45, 7) is 1.69. The molecular weight excluding hydrogens is 320 g/mol. The molecule has 24 heavy (non-hydrogen) atoms. The quantitative estimate of drug-likeness (QED) is 0.387. The van der Waals surface area contributed by atoms with Gasteiger partial charge in [0.2, 0.25) is 5.78 Å². The number of benzene rings is 2. The van der Waals surface area contributed by atoms with Crippen LogP contribution in [0, 0.1) is 6.92 Å². The summed E-state index contributed by atoms with van der Waals surface area (Å²) in [5.74, 6) is -0.704. The number of fused-ring (bicyclic) bond motifs is 1. The number of carbonyl (C=O) groups excluding carboxylic acids is 2. The molecule has 1 heterocycles. The van der Waals surface area contributed by atoms with Crippen LogP contribution in [0.25, 0.3) is 16.8 Å². The van der Waals surface area contributed by atoms with Gasteiger partial charge in [-0.05, 0) is 41.5 Å². The molecule has 0 radical (unpaired) electrons. The summed E-state index contributed by atoms with van der Waals surface area (Å²) in [5.41, 5.74) is 0.935. The van der Waals surface area contributed by atoms with Crippen LogP contribution in [-0.2, 0) is 9.53 Å². The third-order valence-electron chi connectivity index (χ3n) is 3.58. The molecule has 0 N–H and O–H groups in total. The first-order valence-electron chi connectivity index (χ1n) is 7.56. The summed E-state index contributed by atoms with van der Waals surface area (Å²) in [6.07, 6.45) is 3.07. The van der Waals surface area contributed by atoms with Crippen molar-refractivity contribution in [2.45, 2.75) is 6.92 Å². The zero-order chi connectivity index (χ0) is 16.9. The van der Waals surface area contributed by atoms with Gasteiger partial charge >= 0.3 is 5.97 Å². The lowest BCUT2D eigenvalue weighted by Gasteiger charge is -2.02.